The molecule has 0 radical (unpaired) electrons. The summed E-state index contributed by atoms with van der Waals surface area (Å²) >= 11 is 3.44. The lowest BCUT2D eigenvalue weighted by Crippen LogP contribution is -1.99. The summed E-state index contributed by atoms with van der Waals surface area (Å²) in [6.45, 7) is 2.97. The Bertz CT molecular complexity index is 429. The minimum atomic E-state index is 0.899. The zero-order valence-electron chi connectivity index (χ0n) is 9.01. The zero-order valence-corrected chi connectivity index (χ0v) is 10.6. The first kappa shape index (κ1) is 11.4. The van der Waals surface area contributed by atoms with Crippen molar-refractivity contribution in [2.24, 2.45) is 0 Å². The Labute approximate surface area is 103 Å². The van der Waals surface area contributed by atoms with Gasteiger partial charge < -0.3 is 5.32 Å². The van der Waals surface area contributed by atoms with E-state index >= 15 is 0 Å². The van der Waals surface area contributed by atoms with Crippen LogP contribution in [0.25, 0.3) is 0 Å². The predicted octanol–water partition coefficient (Wildman–Crippen LogP) is 3.26. The second-order valence-corrected chi connectivity index (χ2v) is 5.28. The zero-order chi connectivity index (χ0) is 11.2. The number of anilines is 1. The van der Waals surface area contributed by atoms with Crippen molar-refractivity contribution in [3.63, 3.8) is 0 Å². The normalized spacial score (nSPS) is 10.3. The van der Waals surface area contributed by atoms with E-state index in [0.29, 0.717) is 0 Å². The number of rotatable bonds is 5. The number of nitrogens with zero attached hydrogens (tertiary/aromatic N) is 2. The molecule has 0 fully saturated rings. The molecular formula is C11H13N3S2. The van der Waals surface area contributed by atoms with Crippen LogP contribution in [0.4, 0.5) is 5.82 Å². The molecule has 0 saturated heterocycles. The summed E-state index contributed by atoms with van der Waals surface area (Å²) in [4.78, 5) is 8.48. The quantitative estimate of drug-likeness (QED) is 0.828. The Kier molecular flexibility index (Phi) is 4.18. The molecule has 0 bridgehead atoms. The average Bonchev–Trinajstić information content (AvgIpc) is 2.80. The number of nitrogens with one attached hydrogen (secondary N) is 1. The smallest absolute Gasteiger partial charge is 0.150 e. The van der Waals surface area contributed by atoms with Crippen LogP contribution in [-0.2, 0) is 5.75 Å². The van der Waals surface area contributed by atoms with E-state index in [2.05, 4.69) is 28.3 Å². The lowest BCUT2D eigenvalue weighted by molar-refractivity contribution is 1.15. The molecule has 0 unspecified atom stereocenters. The third kappa shape index (κ3) is 3.21. The fourth-order valence-electron chi connectivity index (χ4n) is 1.27. The molecule has 0 spiro atoms. The van der Waals surface area contributed by atoms with Gasteiger partial charge in [0.2, 0.25) is 0 Å². The maximum atomic E-state index is 4.24. The van der Waals surface area contributed by atoms with Gasteiger partial charge in [-0.25, -0.2) is 9.97 Å². The number of pyridine rings is 1. The summed E-state index contributed by atoms with van der Waals surface area (Å²) in [5.41, 5.74) is 1.27. The molecule has 84 valence electrons. The van der Waals surface area contributed by atoms with E-state index in [0.717, 1.165) is 22.5 Å². The molecule has 3 nitrogen and oxygen atoms in total. The van der Waals surface area contributed by atoms with E-state index in [1.807, 2.05) is 23.8 Å². The van der Waals surface area contributed by atoms with Crippen LogP contribution in [0.1, 0.15) is 12.5 Å². The molecule has 0 aliphatic heterocycles. The van der Waals surface area contributed by atoms with E-state index in [1.54, 1.807) is 23.1 Å². The maximum Gasteiger partial charge on any atom is 0.150 e. The van der Waals surface area contributed by atoms with Crippen molar-refractivity contribution in [1.29, 1.82) is 0 Å². The summed E-state index contributed by atoms with van der Waals surface area (Å²) in [6.07, 6.45) is 3.68. The summed E-state index contributed by atoms with van der Waals surface area (Å²) in [6, 6.07) is 4.13. The summed E-state index contributed by atoms with van der Waals surface area (Å²) < 4.78 is 1.11. The predicted molar refractivity (Wildman–Crippen MR) is 70.1 cm³/mol. The number of thiazole rings is 1. The summed E-state index contributed by atoms with van der Waals surface area (Å²) in [5.74, 6) is 1.88. The van der Waals surface area contributed by atoms with E-state index < -0.39 is 0 Å². The van der Waals surface area contributed by atoms with Gasteiger partial charge in [0.25, 0.3) is 0 Å². The van der Waals surface area contributed by atoms with Crippen molar-refractivity contribution in [1.82, 2.24) is 9.97 Å². The minimum absolute atomic E-state index is 0.899. The van der Waals surface area contributed by atoms with Gasteiger partial charge in [-0.05, 0) is 24.6 Å². The Balaban J connectivity index is 1.96. The van der Waals surface area contributed by atoms with Gasteiger partial charge in [0.05, 0.1) is 0 Å². The molecule has 16 heavy (non-hydrogen) atoms. The highest BCUT2D eigenvalue weighted by atomic mass is 32.2. The number of hydrogen-bond donors (Lipinski definition) is 1. The van der Waals surface area contributed by atoms with Crippen LogP contribution < -0.4 is 5.32 Å². The van der Waals surface area contributed by atoms with Crippen LogP contribution in [-0.4, -0.2) is 16.5 Å². The van der Waals surface area contributed by atoms with Crippen molar-refractivity contribution < 1.29 is 0 Å². The number of hydrogen-bond acceptors (Lipinski definition) is 5. The van der Waals surface area contributed by atoms with Gasteiger partial charge in [-0.15, -0.1) is 11.3 Å². The third-order valence-corrected chi connectivity index (χ3v) is 3.99. The molecule has 2 rings (SSSR count). The minimum Gasteiger partial charge on any atom is -0.370 e. The fraction of sp³-hybridized carbons (Fsp3) is 0.273. The molecule has 2 aromatic heterocycles. The van der Waals surface area contributed by atoms with Crippen molar-refractivity contribution >= 4 is 28.9 Å². The Morgan fingerprint density at radius 1 is 1.38 bits per heavy atom. The highest BCUT2D eigenvalue weighted by Gasteiger charge is 2.00. The Hall–Kier alpha value is -1.07. The highest BCUT2D eigenvalue weighted by Crippen LogP contribution is 2.24. The van der Waals surface area contributed by atoms with Gasteiger partial charge in [-0.2, -0.15) is 0 Å². The van der Waals surface area contributed by atoms with Gasteiger partial charge in [-0.3, -0.25) is 0 Å². The van der Waals surface area contributed by atoms with Gasteiger partial charge in [0.15, 0.2) is 0 Å². The summed E-state index contributed by atoms with van der Waals surface area (Å²) in [5, 5.41) is 5.21. The van der Waals surface area contributed by atoms with Crippen molar-refractivity contribution in [2.45, 2.75) is 17.0 Å². The monoisotopic (exact) mass is 251 g/mol. The van der Waals surface area contributed by atoms with E-state index in [9.17, 15) is 0 Å². The lowest BCUT2D eigenvalue weighted by Gasteiger charge is -2.04. The van der Waals surface area contributed by atoms with Crippen LogP contribution in [0.2, 0.25) is 0 Å². The van der Waals surface area contributed by atoms with E-state index in [4.69, 9.17) is 0 Å². The standard InChI is InChI=1S/C11H13N3S2/c1-2-12-10-7-9(3-4-13-10)8-16-11-14-5-6-15-11/h3-7H,2,8H2,1H3,(H,12,13). The second-order valence-electron chi connectivity index (χ2n) is 3.17. The van der Waals surface area contributed by atoms with Gasteiger partial charge >= 0.3 is 0 Å². The van der Waals surface area contributed by atoms with Crippen LogP contribution in [0, 0.1) is 0 Å². The molecule has 0 atom stereocenters. The lowest BCUT2D eigenvalue weighted by atomic mass is 10.3. The van der Waals surface area contributed by atoms with Crippen LogP contribution in [0.15, 0.2) is 34.2 Å². The molecule has 5 heteroatoms. The van der Waals surface area contributed by atoms with Crippen LogP contribution in [0.3, 0.4) is 0 Å². The maximum absolute atomic E-state index is 4.24. The largest absolute Gasteiger partial charge is 0.370 e. The molecule has 2 heterocycles. The number of thioether (sulfide) groups is 1. The third-order valence-electron chi connectivity index (χ3n) is 1.95. The Morgan fingerprint density at radius 2 is 2.31 bits per heavy atom. The number of aromatic nitrogens is 2. The van der Waals surface area contributed by atoms with Crippen molar-refractivity contribution in [3.05, 3.63) is 35.5 Å². The fourth-order valence-corrected chi connectivity index (χ4v) is 2.85. The highest BCUT2D eigenvalue weighted by molar-refractivity contribution is 8.00. The summed E-state index contributed by atoms with van der Waals surface area (Å²) in [7, 11) is 0. The van der Waals surface area contributed by atoms with Crippen molar-refractivity contribution in [2.75, 3.05) is 11.9 Å². The molecule has 0 amide bonds. The van der Waals surface area contributed by atoms with Crippen LogP contribution in [0.5, 0.6) is 0 Å². The van der Waals surface area contributed by atoms with Gasteiger partial charge in [0, 0.05) is 30.1 Å². The molecular weight excluding hydrogens is 238 g/mol. The molecule has 0 aromatic carbocycles. The second kappa shape index (κ2) is 5.86. The first-order valence-corrected chi connectivity index (χ1v) is 6.96. The van der Waals surface area contributed by atoms with Gasteiger partial charge in [0.1, 0.15) is 10.2 Å². The van der Waals surface area contributed by atoms with Gasteiger partial charge in [-0.1, -0.05) is 11.8 Å². The molecule has 1 N–H and O–H groups in total. The molecule has 0 aliphatic carbocycles. The Morgan fingerprint density at radius 3 is 3.06 bits per heavy atom. The molecule has 2 aromatic rings. The SMILES string of the molecule is CCNc1cc(CSc2nccs2)ccn1. The van der Waals surface area contributed by atoms with E-state index in [1.165, 1.54) is 5.56 Å². The average molecular weight is 251 g/mol. The van der Waals surface area contributed by atoms with Crippen molar-refractivity contribution in [3.8, 4) is 0 Å². The van der Waals surface area contributed by atoms with E-state index in [-0.39, 0.29) is 0 Å². The first-order valence-electron chi connectivity index (χ1n) is 5.09. The van der Waals surface area contributed by atoms with Crippen LogP contribution >= 0.6 is 23.1 Å². The molecule has 0 saturated carbocycles. The first-order chi connectivity index (χ1) is 7.88. The topological polar surface area (TPSA) is 37.8 Å². The molecule has 0 aliphatic rings.